The van der Waals surface area contributed by atoms with Gasteiger partial charge in [-0.15, -0.1) is 0 Å². The lowest BCUT2D eigenvalue weighted by Gasteiger charge is -2.10. The molecule has 0 aliphatic heterocycles. The molecule has 3 aromatic carbocycles. The number of halogens is 2. The molecule has 1 amide bonds. The Balaban J connectivity index is 1.76. The fraction of sp³-hybridized carbons (Fsp3) is 0.0500. The number of para-hydroxylation sites is 1. The maximum atomic E-state index is 12.4. The molecule has 0 aromatic heterocycles. The highest BCUT2D eigenvalue weighted by Gasteiger charge is 2.16. The highest BCUT2D eigenvalue weighted by atomic mass is 35.5. The van der Waals surface area contributed by atoms with Crippen LogP contribution >= 0.6 is 23.2 Å². The van der Waals surface area contributed by atoms with Crippen molar-refractivity contribution in [3.8, 4) is 0 Å². The number of benzene rings is 3. The number of hydrogen-bond acceptors (Lipinski definition) is 3. The third-order valence-corrected chi connectivity index (χ3v) is 6.06. The van der Waals surface area contributed by atoms with Crippen LogP contribution in [-0.2, 0) is 10.0 Å². The fourth-order valence-corrected chi connectivity index (χ4v) is 3.98. The van der Waals surface area contributed by atoms with Gasteiger partial charge in [-0.3, -0.25) is 9.52 Å². The molecule has 5 nitrogen and oxygen atoms in total. The van der Waals surface area contributed by atoms with Crippen molar-refractivity contribution in [1.82, 2.24) is 0 Å². The minimum Gasteiger partial charge on any atom is -0.322 e. The second-order valence-electron chi connectivity index (χ2n) is 6.03. The first-order chi connectivity index (χ1) is 13.3. The van der Waals surface area contributed by atoms with Gasteiger partial charge in [0.2, 0.25) is 0 Å². The first-order valence-corrected chi connectivity index (χ1v) is 10.4. The van der Waals surface area contributed by atoms with Crippen molar-refractivity contribution in [3.63, 3.8) is 0 Å². The molecule has 0 bridgehead atoms. The summed E-state index contributed by atoms with van der Waals surface area (Å²) in [4.78, 5) is 12.5. The van der Waals surface area contributed by atoms with Gasteiger partial charge in [-0.05, 0) is 61.0 Å². The Bertz CT molecular complexity index is 1120. The summed E-state index contributed by atoms with van der Waals surface area (Å²) in [6.45, 7) is 1.79. The van der Waals surface area contributed by atoms with Crippen LogP contribution in [0.4, 0.5) is 11.4 Å². The van der Waals surface area contributed by atoms with Gasteiger partial charge >= 0.3 is 0 Å². The van der Waals surface area contributed by atoms with Crippen LogP contribution in [0.1, 0.15) is 15.9 Å². The number of anilines is 2. The molecule has 0 saturated carbocycles. The lowest BCUT2D eigenvalue weighted by atomic mass is 10.1. The summed E-state index contributed by atoms with van der Waals surface area (Å²) < 4.78 is 27.4. The zero-order valence-corrected chi connectivity index (χ0v) is 17.1. The molecule has 8 heteroatoms. The van der Waals surface area contributed by atoms with E-state index in [2.05, 4.69) is 10.0 Å². The summed E-state index contributed by atoms with van der Waals surface area (Å²) in [6, 6.07) is 17.5. The summed E-state index contributed by atoms with van der Waals surface area (Å²) in [5.41, 5.74) is 1.89. The highest BCUT2D eigenvalue weighted by molar-refractivity contribution is 7.92. The highest BCUT2D eigenvalue weighted by Crippen LogP contribution is 2.26. The van der Waals surface area contributed by atoms with Gasteiger partial charge in [-0.1, -0.05) is 41.4 Å². The van der Waals surface area contributed by atoms with E-state index in [0.29, 0.717) is 16.4 Å². The van der Waals surface area contributed by atoms with Crippen LogP contribution in [0.15, 0.2) is 71.6 Å². The van der Waals surface area contributed by atoms with Crippen molar-refractivity contribution in [3.05, 3.63) is 87.9 Å². The number of nitrogens with one attached hydrogen (secondary N) is 2. The van der Waals surface area contributed by atoms with Crippen molar-refractivity contribution in [2.24, 2.45) is 0 Å². The molecule has 0 atom stereocenters. The van der Waals surface area contributed by atoms with E-state index in [9.17, 15) is 13.2 Å². The standard InChI is InChI=1S/C20H16Cl2N2O3S/c1-13-11-19(22)17(12-18(13)21)20(25)23-14-7-9-16(10-8-14)28(26,27)24-15-5-3-2-4-6-15/h2-12,24H,1H3,(H,23,25). The van der Waals surface area contributed by atoms with Crippen LogP contribution in [-0.4, -0.2) is 14.3 Å². The predicted octanol–water partition coefficient (Wildman–Crippen LogP) is 5.35. The van der Waals surface area contributed by atoms with Crippen LogP contribution in [0.2, 0.25) is 10.0 Å². The third kappa shape index (κ3) is 4.65. The molecule has 144 valence electrons. The van der Waals surface area contributed by atoms with Crippen LogP contribution < -0.4 is 10.0 Å². The van der Waals surface area contributed by atoms with E-state index in [1.54, 1.807) is 43.3 Å². The molecule has 0 heterocycles. The summed E-state index contributed by atoms with van der Waals surface area (Å²) in [5.74, 6) is -0.440. The van der Waals surface area contributed by atoms with Crippen LogP contribution in [0.5, 0.6) is 0 Å². The maximum absolute atomic E-state index is 12.4. The van der Waals surface area contributed by atoms with Crippen LogP contribution in [0.25, 0.3) is 0 Å². The maximum Gasteiger partial charge on any atom is 0.261 e. The molecule has 28 heavy (non-hydrogen) atoms. The number of carbonyl (C=O) groups is 1. The summed E-state index contributed by atoms with van der Waals surface area (Å²) >= 11 is 12.2. The molecule has 3 rings (SSSR count). The van der Waals surface area contributed by atoms with Gasteiger partial charge in [0, 0.05) is 16.4 Å². The van der Waals surface area contributed by atoms with Crippen molar-refractivity contribution in [2.75, 3.05) is 10.0 Å². The summed E-state index contributed by atoms with van der Waals surface area (Å²) in [7, 11) is -3.73. The quantitative estimate of drug-likeness (QED) is 0.567. The van der Waals surface area contributed by atoms with E-state index in [0.717, 1.165) is 5.56 Å². The zero-order chi connectivity index (χ0) is 20.3. The summed E-state index contributed by atoms with van der Waals surface area (Å²) in [5, 5.41) is 3.39. The Morgan fingerprint density at radius 2 is 1.50 bits per heavy atom. The molecule has 0 spiro atoms. The molecule has 0 aliphatic carbocycles. The summed E-state index contributed by atoms with van der Waals surface area (Å²) in [6.07, 6.45) is 0. The van der Waals surface area contributed by atoms with Crippen molar-refractivity contribution < 1.29 is 13.2 Å². The SMILES string of the molecule is Cc1cc(Cl)c(C(=O)Nc2ccc(S(=O)(=O)Nc3ccccc3)cc2)cc1Cl. The average molecular weight is 435 g/mol. The van der Waals surface area contributed by atoms with Gasteiger partial charge in [0.05, 0.1) is 15.5 Å². The van der Waals surface area contributed by atoms with Crippen molar-refractivity contribution in [1.29, 1.82) is 0 Å². The minimum atomic E-state index is -3.73. The Morgan fingerprint density at radius 3 is 2.14 bits per heavy atom. The van der Waals surface area contributed by atoms with E-state index >= 15 is 0 Å². The van der Waals surface area contributed by atoms with Crippen LogP contribution in [0, 0.1) is 6.92 Å². The molecule has 2 N–H and O–H groups in total. The second-order valence-corrected chi connectivity index (χ2v) is 8.53. The second kappa shape index (κ2) is 8.22. The molecule has 0 saturated heterocycles. The average Bonchev–Trinajstić information content (AvgIpc) is 2.65. The molecule has 3 aromatic rings. The van der Waals surface area contributed by atoms with E-state index < -0.39 is 15.9 Å². The zero-order valence-electron chi connectivity index (χ0n) is 14.7. The van der Waals surface area contributed by atoms with Crippen LogP contribution in [0.3, 0.4) is 0 Å². The predicted molar refractivity (Wildman–Crippen MR) is 113 cm³/mol. The molecule has 0 aliphatic rings. The Hall–Kier alpha value is -2.54. The van der Waals surface area contributed by atoms with Gasteiger partial charge in [0.25, 0.3) is 15.9 Å². The number of rotatable bonds is 5. The van der Waals surface area contributed by atoms with Gasteiger partial charge < -0.3 is 5.32 Å². The van der Waals surface area contributed by atoms with Crippen molar-refractivity contribution >= 4 is 50.5 Å². The molecular formula is C20H16Cl2N2O3S. The first-order valence-electron chi connectivity index (χ1n) is 8.21. The monoisotopic (exact) mass is 434 g/mol. The lowest BCUT2D eigenvalue weighted by Crippen LogP contribution is -2.14. The first kappa shape index (κ1) is 20.2. The molecular weight excluding hydrogens is 419 g/mol. The van der Waals surface area contributed by atoms with Crippen molar-refractivity contribution in [2.45, 2.75) is 11.8 Å². The number of sulfonamides is 1. The molecule has 0 unspecified atom stereocenters. The largest absolute Gasteiger partial charge is 0.322 e. The van der Waals surface area contributed by atoms with Gasteiger partial charge in [0.15, 0.2) is 0 Å². The van der Waals surface area contributed by atoms with E-state index in [4.69, 9.17) is 23.2 Å². The smallest absolute Gasteiger partial charge is 0.261 e. The number of carbonyl (C=O) groups excluding carboxylic acids is 1. The fourth-order valence-electron chi connectivity index (χ4n) is 2.46. The lowest BCUT2D eigenvalue weighted by molar-refractivity contribution is 0.102. The molecule has 0 fully saturated rings. The number of amides is 1. The van der Waals surface area contributed by atoms with Gasteiger partial charge in [-0.25, -0.2) is 8.42 Å². The third-order valence-electron chi connectivity index (χ3n) is 3.94. The van der Waals surface area contributed by atoms with E-state index in [1.807, 2.05) is 0 Å². The normalized spacial score (nSPS) is 11.1. The topological polar surface area (TPSA) is 75.3 Å². The van der Waals surface area contributed by atoms with Gasteiger partial charge in [-0.2, -0.15) is 0 Å². The van der Waals surface area contributed by atoms with E-state index in [1.165, 1.54) is 30.3 Å². The number of aryl methyl sites for hydroxylation is 1. The Kier molecular flexibility index (Phi) is 5.93. The Morgan fingerprint density at radius 1 is 0.857 bits per heavy atom. The Labute approximate surface area is 173 Å². The number of hydrogen-bond donors (Lipinski definition) is 2. The molecule has 0 radical (unpaired) electrons. The van der Waals surface area contributed by atoms with Gasteiger partial charge in [0.1, 0.15) is 0 Å². The minimum absolute atomic E-state index is 0.0748. The van der Waals surface area contributed by atoms with E-state index in [-0.39, 0.29) is 15.5 Å².